The molecule has 0 amide bonds. The van der Waals surface area contributed by atoms with Gasteiger partial charge in [-0.25, -0.2) is 4.39 Å². The Morgan fingerprint density at radius 3 is 2.44 bits per heavy atom. The number of rotatable bonds is 2. The molecule has 18 heavy (non-hydrogen) atoms. The third-order valence-corrected chi connectivity index (χ3v) is 4.11. The minimum atomic E-state index is -0.558. The summed E-state index contributed by atoms with van der Waals surface area (Å²) in [6, 6.07) is 4.82. The van der Waals surface area contributed by atoms with Crippen molar-refractivity contribution in [2.45, 2.75) is 44.2 Å². The largest absolute Gasteiger partial charge is 0.363 e. The molecule has 2 aliphatic rings. The molecule has 2 heterocycles. The number of nitrogens with zero attached hydrogens (tertiary/aromatic N) is 2. The second-order valence-electron chi connectivity index (χ2n) is 5.12. The highest BCUT2D eigenvalue weighted by atomic mass is 19.1. The fraction of sp³-hybridized carbons (Fsp3) is 0.538. The van der Waals surface area contributed by atoms with Gasteiger partial charge in [0.1, 0.15) is 0 Å². The summed E-state index contributed by atoms with van der Waals surface area (Å²) in [7, 11) is 0. The number of nitro groups is 1. The normalized spacial score (nSPS) is 26.4. The van der Waals surface area contributed by atoms with Gasteiger partial charge < -0.3 is 4.90 Å². The van der Waals surface area contributed by atoms with E-state index < -0.39 is 10.7 Å². The van der Waals surface area contributed by atoms with Crippen molar-refractivity contribution < 1.29 is 9.31 Å². The Morgan fingerprint density at radius 2 is 1.89 bits per heavy atom. The lowest BCUT2D eigenvalue weighted by molar-refractivity contribution is -0.385. The van der Waals surface area contributed by atoms with E-state index in [-0.39, 0.29) is 5.69 Å². The van der Waals surface area contributed by atoms with Crippen molar-refractivity contribution in [1.82, 2.24) is 0 Å². The number of benzene rings is 1. The molecule has 2 fully saturated rings. The highest BCUT2D eigenvalue weighted by Gasteiger charge is 2.37. The second kappa shape index (κ2) is 4.23. The third-order valence-electron chi connectivity index (χ3n) is 4.11. The van der Waals surface area contributed by atoms with E-state index in [0.717, 1.165) is 31.7 Å². The van der Waals surface area contributed by atoms with Crippen LogP contribution in [0.25, 0.3) is 0 Å². The van der Waals surface area contributed by atoms with E-state index in [1.165, 1.54) is 12.5 Å². The van der Waals surface area contributed by atoms with Crippen LogP contribution in [-0.2, 0) is 0 Å². The van der Waals surface area contributed by atoms with Crippen molar-refractivity contribution >= 4 is 11.4 Å². The van der Waals surface area contributed by atoms with Gasteiger partial charge in [-0.05, 0) is 38.2 Å². The third kappa shape index (κ3) is 1.74. The van der Waals surface area contributed by atoms with Crippen molar-refractivity contribution in [3.05, 3.63) is 34.1 Å². The highest BCUT2D eigenvalue weighted by molar-refractivity contribution is 5.55. The standard InChI is InChI=1S/C13H15FN2O2/c14-12-8-11(16(17)18)6-7-13(12)15-9-2-1-3-10(15)5-4-9/h6-10H,1-5H2. The van der Waals surface area contributed by atoms with Crippen molar-refractivity contribution in [2.75, 3.05) is 4.90 Å². The predicted molar refractivity (Wildman–Crippen MR) is 66.2 cm³/mol. The Morgan fingerprint density at radius 1 is 1.22 bits per heavy atom. The zero-order chi connectivity index (χ0) is 12.7. The molecule has 2 unspecified atom stereocenters. The molecule has 0 radical (unpaired) electrons. The molecule has 1 aromatic carbocycles. The van der Waals surface area contributed by atoms with Crippen LogP contribution in [0.5, 0.6) is 0 Å². The van der Waals surface area contributed by atoms with Gasteiger partial charge in [0.05, 0.1) is 16.7 Å². The number of halogens is 1. The van der Waals surface area contributed by atoms with Gasteiger partial charge >= 0.3 is 0 Å². The Hall–Kier alpha value is -1.65. The molecule has 0 aliphatic carbocycles. The zero-order valence-corrected chi connectivity index (χ0v) is 10.0. The smallest absolute Gasteiger partial charge is 0.272 e. The molecule has 2 aliphatic heterocycles. The summed E-state index contributed by atoms with van der Waals surface area (Å²) < 4.78 is 14.0. The lowest BCUT2D eigenvalue weighted by Gasteiger charge is -2.36. The molecule has 0 N–H and O–H groups in total. The number of hydrogen-bond donors (Lipinski definition) is 0. The van der Waals surface area contributed by atoms with Crippen LogP contribution < -0.4 is 4.90 Å². The van der Waals surface area contributed by atoms with E-state index in [1.54, 1.807) is 6.07 Å². The minimum absolute atomic E-state index is 0.180. The highest BCUT2D eigenvalue weighted by Crippen LogP contribution is 2.40. The van der Waals surface area contributed by atoms with Gasteiger partial charge in [0, 0.05) is 18.2 Å². The molecular weight excluding hydrogens is 235 g/mol. The first-order valence-electron chi connectivity index (χ1n) is 6.39. The molecule has 2 atom stereocenters. The average molecular weight is 250 g/mol. The van der Waals surface area contributed by atoms with E-state index in [9.17, 15) is 14.5 Å². The monoisotopic (exact) mass is 250 g/mol. The van der Waals surface area contributed by atoms with Gasteiger partial charge in [-0.15, -0.1) is 0 Å². The summed E-state index contributed by atoms with van der Waals surface area (Å²) >= 11 is 0. The van der Waals surface area contributed by atoms with Crippen LogP contribution in [0.3, 0.4) is 0 Å². The van der Waals surface area contributed by atoms with Crippen LogP contribution in [0.2, 0.25) is 0 Å². The van der Waals surface area contributed by atoms with Crippen LogP contribution in [0.15, 0.2) is 18.2 Å². The van der Waals surface area contributed by atoms with Crippen LogP contribution in [0, 0.1) is 15.9 Å². The molecule has 0 spiro atoms. The minimum Gasteiger partial charge on any atom is -0.363 e. The zero-order valence-electron chi connectivity index (χ0n) is 10.0. The first-order chi connectivity index (χ1) is 8.66. The maximum Gasteiger partial charge on any atom is 0.272 e. The Kier molecular flexibility index (Phi) is 2.69. The van der Waals surface area contributed by atoms with Gasteiger partial charge in [0.25, 0.3) is 5.69 Å². The summed E-state index contributed by atoms with van der Waals surface area (Å²) in [6.07, 6.45) is 5.64. The summed E-state index contributed by atoms with van der Waals surface area (Å²) in [5, 5.41) is 10.6. The van der Waals surface area contributed by atoms with Crippen molar-refractivity contribution in [3.63, 3.8) is 0 Å². The van der Waals surface area contributed by atoms with E-state index in [0.29, 0.717) is 17.8 Å². The van der Waals surface area contributed by atoms with Crippen LogP contribution in [0.4, 0.5) is 15.8 Å². The lowest BCUT2D eigenvalue weighted by atomic mass is 10.0. The van der Waals surface area contributed by atoms with E-state index in [4.69, 9.17) is 0 Å². The predicted octanol–water partition coefficient (Wildman–Crippen LogP) is 3.26. The van der Waals surface area contributed by atoms with Gasteiger partial charge in [-0.2, -0.15) is 0 Å². The number of hydrogen-bond acceptors (Lipinski definition) is 3. The molecule has 96 valence electrons. The Labute approximate surface area is 105 Å². The Bertz CT molecular complexity index is 476. The topological polar surface area (TPSA) is 46.4 Å². The number of nitro benzene ring substituents is 1. The van der Waals surface area contributed by atoms with Crippen molar-refractivity contribution in [1.29, 1.82) is 0 Å². The molecule has 0 saturated carbocycles. The van der Waals surface area contributed by atoms with E-state index in [2.05, 4.69) is 4.90 Å². The lowest BCUT2D eigenvalue weighted by Crippen LogP contribution is -2.40. The van der Waals surface area contributed by atoms with E-state index in [1.807, 2.05) is 0 Å². The maximum absolute atomic E-state index is 14.0. The number of anilines is 1. The van der Waals surface area contributed by atoms with Crippen LogP contribution >= 0.6 is 0 Å². The summed E-state index contributed by atoms with van der Waals surface area (Å²) in [5.41, 5.74) is 0.355. The van der Waals surface area contributed by atoms with Crippen LogP contribution in [0.1, 0.15) is 32.1 Å². The molecule has 1 aromatic rings. The van der Waals surface area contributed by atoms with Gasteiger partial charge in [0.15, 0.2) is 5.82 Å². The summed E-state index contributed by atoms with van der Waals surface area (Å²) in [4.78, 5) is 12.2. The molecule has 2 saturated heterocycles. The van der Waals surface area contributed by atoms with Gasteiger partial charge in [-0.3, -0.25) is 10.1 Å². The summed E-state index contributed by atoms with van der Waals surface area (Å²) in [6.45, 7) is 0. The maximum atomic E-state index is 14.0. The van der Waals surface area contributed by atoms with Gasteiger partial charge in [-0.1, -0.05) is 0 Å². The van der Waals surface area contributed by atoms with E-state index >= 15 is 0 Å². The molecule has 2 bridgehead atoms. The fourth-order valence-corrected chi connectivity index (χ4v) is 3.33. The Balaban J connectivity index is 1.95. The van der Waals surface area contributed by atoms with Gasteiger partial charge in [0.2, 0.25) is 0 Å². The first kappa shape index (κ1) is 11.4. The summed E-state index contributed by atoms with van der Waals surface area (Å²) in [5.74, 6) is -0.469. The molecule has 3 rings (SSSR count). The quantitative estimate of drug-likeness (QED) is 0.598. The number of fused-ring (bicyclic) bond motifs is 2. The molecule has 4 nitrogen and oxygen atoms in total. The molecule has 0 aromatic heterocycles. The average Bonchev–Trinajstić information content (AvgIpc) is 2.59. The molecule has 5 heteroatoms. The van der Waals surface area contributed by atoms with Crippen LogP contribution in [-0.4, -0.2) is 17.0 Å². The second-order valence-corrected chi connectivity index (χ2v) is 5.12. The number of piperidine rings is 1. The fourth-order valence-electron chi connectivity index (χ4n) is 3.33. The SMILES string of the molecule is O=[N+]([O-])c1ccc(N2C3CCCC2CC3)c(F)c1. The van der Waals surface area contributed by atoms with Crippen molar-refractivity contribution in [2.24, 2.45) is 0 Å². The molecular formula is C13H15FN2O2. The number of non-ortho nitro benzene ring substituents is 1. The first-order valence-corrected chi connectivity index (χ1v) is 6.39. The van der Waals surface area contributed by atoms with Crippen molar-refractivity contribution in [3.8, 4) is 0 Å².